The highest BCUT2D eigenvalue weighted by Crippen LogP contribution is 2.49. The van der Waals surface area contributed by atoms with Crippen molar-refractivity contribution < 1.29 is 0 Å². The molecule has 2 aliphatic rings. The van der Waals surface area contributed by atoms with Crippen LogP contribution >= 0.6 is 0 Å². The Balaban J connectivity index is 1.11. The first-order valence-electron chi connectivity index (χ1n) is 18.3. The van der Waals surface area contributed by atoms with Crippen LogP contribution in [0.2, 0.25) is 0 Å². The molecule has 0 aliphatic carbocycles. The van der Waals surface area contributed by atoms with E-state index in [1.807, 2.05) is 6.07 Å². The molecule has 0 amide bonds. The maximum absolute atomic E-state index is 3.68. The molecule has 2 heterocycles. The van der Waals surface area contributed by atoms with Crippen LogP contribution in [0.1, 0.15) is 5.56 Å². The lowest BCUT2D eigenvalue weighted by Crippen LogP contribution is -2.61. The quantitative estimate of drug-likeness (QED) is 0.177. The highest BCUT2D eigenvalue weighted by atomic mass is 15.2. The fraction of sp³-hybridized carbons (Fsp3) is 0.0204. The number of anilines is 6. The Labute approximate surface area is 311 Å². The third kappa shape index (κ3) is 5.22. The Morgan fingerprint density at radius 1 is 0.396 bits per heavy atom. The highest BCUT2D eigenvalue weighted by molar-refractivity contribution is 6.86. The van der Waals surface area contributed by atoms with E-state index in [0.29, 0.717) is 0 Å². The van der Waals surface area contributed by atoms with Gasteiger partial charge in [-0.3, -0.25) is 0 Å². The van der Waals surface area contributed by atoms with Crippen LogP contribution in [0.3, 0.4) is 0 Å². The summed E-state index contributed by atoms with van der Waals surface area (Å²) < 4.78 is 0. The predicted molar refractivity (Wildman–Crippen MR) is 225 cm³/mol. The summed E-state index contributed by atoms with van der Waals surface area (Å²) in [5, 5.41) is 3.68. The Morgan fingerprint density at radius 3 is 1.55 bits per heavy atom. The molecule has 0 saturated heterocycles. The first-order valence-corrected chi connectivity index (χ1v) is 18.3. The third-order valence-corrected chi connectivity index (χ3v) is 10.8. The fourth-order valence-electron chi connectivity index (χ4n) is 8.34. The minimum Gasteiger partial charge on any atom is -0.361 e. The van der Waals surface area contributed by atoms with Gasteiger partial charge in [-0.15, -0.1) is 0 Å². The standard InChI is InChI=1S/C49H36BN3/c1-34-15-8-9-20-40(34)45-33-36(29-32-46(45)51-37-16-4-2-5-17-37)35-27-30-39(31-28-35)53-48-26-13-11-22-42(48)44-24-14-23-43-41-21-10-12-25-47(41)52(50(53)49(43)44)38-18-6-3-7-19-38/h2-33,51H,1H3. The molecule has 4 heteroatoms. The molecule has 0 radical (unpaired) electrons. The number of nitrogens with one attached hydrogen (secondary N) is 1. The Hall–Kier alpha value is -6.78. The molecule has 8 aromatic carbocycles. The normalized spacial score (nSPS) is 12.5. The molecule has 0 bridgehead atoms. The second-order valence-electron chi connectivity index (χ2n) is 13.9. The van der Waals surface area contributed by atoms with E-state index in [1.54, 1.807) is 0 Å². The molecule has 250 valence electrons. The maximum Gasteiger partial charge on any atom is 0.421 e. The molecule has 0 saturated carbocycles. The molecule has 0 aromatic heterocycles. The Morgan fingerprint density at radius 2 is 0.906 bits per heavy atom. The van der Waals surface area contributed by atoms with Gasteiger partial charge in [-0.2, -0.15) is 0 Å². The van der Waals surface area contributed by atoms with Crippen molar-refractivity contribution in [3.8, 4) is 44.5 Å². The monoisotopic (exact) mass is 677 g/mol. The molecular weight excluding hydrogens is 641 g/mol. The van der Waals surface area contributed by atoms with Crippen molar-refractivity contribution in [1.82, 2.24) is 0 Å². The SMILES string of the molecule is Cc1ccccc1-c1cc(-c2ccc(N3B4c5c(cccc5-c5ccccc53)-c3ccccc3N4c3ccccc3)cc2)ccc1Nc1ccccc1. The summed E-state index contributed by atoms with van der Waals surface area (Å²) in [7, 11) is 0. The molecule has 0 atom stereocenters. The molecule has 8 aromatic rings. The zero-order chi connectivity index (χ0) is 35.3. The van der Waals surface area contributed by atoms with Crippen molar-refractivity contribution in [2.75, 3.05) is 14.9 Å². The van der Waals surface area contributed by atoms with Crippen LogP contribution in [0.4, 0.5) is 34.1 Å². The molecule has 0 unspecified atom stereocenters. The van der Waals surface area contributed by atoms with E-state index in [2.05, 4.69) is 210 Å². The molecule has 3 nitrogen and oxygen atoms in total. The molecule has 10 rings (SSSR count). The van der Waals surface area contributed by atoms with Gasteiger partial charge in [0.15, 0.2) is 0 Å². The topological polar surface area (TPSA) is 18.5 Å². The number of hydrogen-bond donors (Lipinski definition) is 1. The maximum atomic E-state index is 3.68. The molecule has 0 fully saturated rings. The van der Waals surface area contributed by atoms with Crippen molar-refractivity contribution >= 4 is 46.6 Å². The summed E-state index contributed by atoms with van der Waals surface area (Å²) in [4.78, 5) is 5.07. The number of benzene rings is 8. The van der Waals surface area contributed by atoms with Gasteiger partial charge in [-0.1, -0.05) is 133 Å². The molecule has 1 N–H and O–H groups in total. The molecule has 2 aliphatic heterocycles. The number of aryl methyl sites for hydroxylation is 1. The lowest BCUT2D eigenvalue weighted by Gasteiger charge is -2.47. The van der Waals surface area contributed by atoms with Gasteiger partial charge in [-0.05, 0) is 106 Å². The lowest BCUT2D eigenvalue weighted by atomic mass is 9.53. The number of para-hydroxylation sites is 4. The van der Waals surface area contributed by atoms with Crippen LogP contribution in [-0.4, -0.2) is 6.98 Å². The second kappa shape index (κ2) is 12.8. The first-order chi connectivity index (χ1) is 26.2. The Kier molecular flexibility index (Phi) is 7.47. The molecule has 0 spiro atoms. The summed E-state index contributed by atoms with van der Waals surface area (Å²) in [6.07, 6.45) is 0. The minimum atomic E-state index is -0.0877. The van der Waals surface area contributed by atoms with Crippen LogP contribution in [0.15, 0.2) is 194 Å². The van der Waals surface area contributed by atoms with Gasteiger partial charge >= 0.3 is 6.98 Å². The number of rotatable bonds is 6. The Bertz CT molecular complexity index is 2600. The van der Waals surface area contributed by atoms with E-state index in [4.69, 9.17) is 0 Å². The van der Waals surface area contributed by atoms with Gasteiger partial charge in [0, 0.05) is 50.8 Å². The minimum absolute atomic E-state index is 0.0877. The van der Waals surface area contributed by atoms with Gasteiger partial charge in [0.2, 0.25) is 0 Å². The zero-order valence-electron chi connectivity index (χ0n) is 29.4. The summed E-state index contributed by atoms with van der Waals surface area (Å²) in [5.74, 6) is 0. The van der Waals surface area contributed by atoms with Crippen LogP contribution in [0.5, 0.6) is 0 Å². The van der Waals surface area contributed by atoms with Crippen LogP contribution in [0, 0.1) is 6.92 Å². The van der Waals surface area contributed by atoms with E-state index in [1.165, 1.54) is 72.6 Å². The fourth-order valence-corrected chi connectivity index (χ4v) is 8.34. The van der Waals surface area contributed by atoms with Crippen LogP contribution in [0.25, 0.3) is 44.5 Å². The number of nitrogens with zero attached hydrogens (tertiary/aromatic N) is 2. The number of hydrogen-bond acceptors (Lipinski definition) is 3. The number of fused-ring (bicyclic) bond motifs is 4. The van der Waals surface area contributed by atoms with Crippen molar-refractivity contribution in [3.05, 3.63) is 200 Å². The van der Waals surface area contributed by atoms with E-state index in [9.17, 15) is 0 Å². The van der Waals surface area contributed by atoms with Gasteiger partial charge in [0.05, 0.1) is 0 Å². The van der Waals surface area contributed by atoms with Crippen molar-refractivity contribution in [2.45, 2.75) is 6.92 Å². The summed E-state index contributed by atoms with van der Waals surface area (Å²) in [5.41, 5.74) is 19.3. The highest BCUT2D eigenvalue weighted by Gasteiger charge is 2.46. The van der Waals surface area contributed by atoms with Gasteiger partial charge in [0.1, 0.15) is 0 Å². The first kappa shape index (κ1) is 31.0. The zero-order valence-corrected chi connectivity index (χ0v) is 29.4. The summed E-state index contributed by atoms with van der Waals surface area (Å²) in [6.45, 7) is 2.10. The summed E-state index contributed by atoms with van der Waals surface area (Å²) in [6, 6.07) is 70.3. The van der Waals surface area contributed by atoms with Crippen LogP contribution < -0.4 is 20.4 Å². The molecule has 53 heavy (non-hydrogen) atoms. The third-order valence-electron chi connectivity index (χ3n) is 10.8. The van der Waals surface area contributed by atoms with E-state index >= 15 is 0 Å². The smallest absolute Gasteiger partial charge is 0.361 e. The second-order valence-corrected chi connectivity index (χ2v) is 13.9. The van der Waals surface area contributed by atoms with Crippen LogP contribution in [-0.2, 0) is 0 Å². The van der Waals surface area contributed by atoms with Gasteiger partial charge in [-0.25, -0.2) is 0 Å². The molecular formula is C49H36BN3. The van der Waals surface area contributed by atoms with Gasteiger partial charge in [0.25, 0.3) is 0 Å². The lowest BCUT2D eigenvalue weighted by molar-refractivity contribution is 1.26. The van der Waals surface area contributed by atoms with Crippen molar-refractivity contribution in [2.24, 2.45) is 0 Å². The average Bonchev–Trinajstić information content (AvgIpc) is 3.22. The van der Waals surface area contributed by atoms with E-state index < -0.39 is 0 Å². The van der Waals surface area contributed by atoms with Gasteiger partial charge < -0.3 is 14.9 Å². The summed E-state index contributed by atoms with van der Waals surface area (Å²) >= 11 is 0. The van der Waals surface area contributed by atoms with Crippen molar-refractivity contribution in [1.29, 1.82) is 0 Å². The van der Waals surface area contributed by atoms with Crippen molar-refractivity contribution in [3.63, 3.8) is 0 Å². The largest absolute Gasteiger partial charge is 0.421 e. The predicted octanol–water partition coefficient (Wildman–Crippen LogP) is 12.4. The average molecular weight is 678 g/mol. The van der Waals surface area contributed by atoms with E-state index in [0.717, 1.165) is 17.1 Å². The van der Waals surface area contributed by atoms with E-state index in [-0.39, 0.29) is 6.98 Å².